The summed E-state index contributed by atoms with van der Waals surface area (Å²) >= 11 is 0. The van der Waals surface area contributed by atoms with Gasteiger partial charge in [-0.15, -0.1) is 0 Å². The van der Waals surface area contributed by atoms with E-state index in [9.17, 15) is 4.79 Å². The van der Waals surface area contributed by atoms with Crippen molar-refractivity contribution in [1.29, 1.82) is 0 Å². The molecule has 1 aliphatic carbocycles. The number of anilines is 1. The first kappa shape index (κ1) is 16.7. The predicted octanol–water partition coefficient (Wildman–Crippen LogP) is 4.15. The zero-order chi connectivity index (χ0) is 17.9. The van der Waals surface area contributed by atoms with Crippen LogP contribution in [0.25, 0.3) is 10.9 Å². The highest BCUT2D eigenvalue weighted by Gasteiger charge is 2.30. The molecule has 1 heterocycles. The van der Waals surface area contributed by atoms with Gasteiger partial charge in [-0.25, -0.2) is 0 Å². The smallest absolute Gasteiger partial charge is 0.238 e. The standard InChI is InChI=1S/C22H23N3O/c1-16-7-9-17(10-8-16)14-25(18-11-12-18)15-22(26)24-21-6-2-5-20-19(21)4-3-13-23-20/h2-10,13,18H,11-12,14-15H2,1H3,(H,24,26). The van der Waals surface area contributed by atoms with E-state index in [0.29, 0.717) is 12.6 Å². The normalized spacial score (nSPS) is 13.9. The molecule has 0 saturated heterocycles. The van der Waals surface area contributed by atoms with E-state index in [0.717, 1.165) is 23.1 Å². The van der Waals surface area contributed by atoms with Gasteiger partial charge in [0.25, 0.3) is 0 Å². The van der Waals surface area contributed by atoms with Gasteiger partial charge in [0.15, 0.2) is 0 Å². The summed E-state index contributed by atoms with van der Waals surface area (Å²) in [6.07, 6.45) is 4.12. The number of nitrogens with zero attached hydrogens (tertiary/aromatic N) is 2. The van der Waals surface area contributed by atoms with Crippen LogP contribution in [0.2, 0.25) is 0 Å². The predicted molar refractivity (Wildman–Crippen MR) is 105 cm³/mol. The van der Waals surface area contributed by atoms with E-state index in [1.54, 1.807) is 6.20 Å². The first-order valence-corrected chi connectivity index (χ1v) is 9.12. The van der Waals surface area contributed by atoms with Crippen molar-refractivity contribution in [2.45, 2.75) is 32.4 Å². The molecule has 2 aromatic carbocycles. The molecule has 26 heavy (non-hydrogen) atoms. The Morgan fingerprint density at radius 2 is 1.92 bits per heavy atom. The van der Waals surface area contributed by atoms with Crippen LogP contribution in [0.1, 0.15) is 24.0 Å². The van der Waals surface area contributed by atoms with Crippen molar-refractivity contribution in [3.8, 4) is 0 Å². The molecular formula is C22H23N3O. The summed E-state index contributed by atoms with van der Waals surface area (Å²) in [6, 6.07) is 18.8. The minimum absolute atomic E-state index is 0.0281. The Morgan fingerprint density at radius 3 is 2.69 bits per heavy atom. The quantitative estimate of drug-likeness (QED) is 0.730. The molecule has 1 amide bonds. The second-order valence-electron chi connectivity index (χ2n) is 7.05. The number of carbonyl (C=O) groups excluding carboxylic acids is 1. The molecule has 1 aromatic heterocycles. The van der Waals surface area contributed by atoms with Crippen molar-refractivity contribution in [3.05, 3.63) is 71.9 Å². The lowest BCUT2D eigenvalue weighted by molar-refractivity contribution is -0.117. The van der Waals surface area contributed by atoms with E-state index in [1.165, 1.54) is 24.0 Å². The van der Waals surface area contributed by atoms with E-state index < -0.39 is 0 Å². The minimum atomic E-state index is 0.0281. The Morgan fingerprint density at radius 1 is 1.12 bits per heavy atom. The lowest BCUT2D eigenvalue weighted by Gasteiger charge is -2.22. The molecule has 1 N–H and O–H groups in total. The van der Waals surface area contributed by atoms with Gasteiger partial charge in [-0.05, 0) is 49.6 Å². The van der Waals surface area contributed by atoms with Gasteiger partial charge < -0.3 is 5.32 Å². The number of fused-ring (bicyclic) bond motifs is 1. The molecule has 4 nitrogen and oxygen atoms in total. The van der Waals surface area contributed by atoms with Gasteiger partial charge in [0.2, 0.25) is 5.91 Å². The average Bonchev–Trinajstić information content (AvgIpc) is 3.48. The van der Waals surface area contributed by atoms with E-state index >= 15 is 0 Å². The van der Waals surface area contributed by atoms with Crippen LogP contribution < -0.4 is 5.32 Å². The Kier molecular flexibility index (Phi) is 4.67. The van der Waals surface area contributed by atoms with Crippen LogP contribution in [-0.2, 0) is 11.3 Å². The lowest BCUT2D eigenvalue weighted by Crippen LogP contribution is -2.34. The number of hydrogen-bond donors (Lipinski definition) is 1. The van der Waals surface area contributed by atoms with E-state index in [4.69, 9.17) is 0 Å². The Bertz CT molecular complexity index is 911. The maximum Gasteiger partial charge on any atom is 0.238 e. The average molecular weight is 345 g/mol. The Hall–Kier alpha value is -2.72. The molecule has 0 spiro atoms. The third-order valence-electron chi connectivity index (χ3n) is 4.84. The van der Waals surface area contributed by atoms with Crippen molar-refractivity contribution in [2.24, 2.45) is 0 Å². The number of aromatic nitrogens is 1. The molecule has 1 aliphatic rings. The fourth-order valence-corrected chi connectivity index (χ4v) is 3.27. The third kappa shape index (κ3) is 3.92. The molecule has 4 heteroatoms. The molecule has 4 rings (SSSR count). The molecule has 0 bridgehead atoms. The number of pyridine rings is 1. The third-order valence-corrected chi connectivity index (χ3v) is 4.84. The maximum absolute atomic E-state index is 12.7. The summed E-state index contributed by atoms with van der Waals surface area (Å²) in [7, 11) is 0. The molecule has 0 radical (unpaired) electrons. The largest absolute Gasteiger partial charge is 0.324 e. The van der Waals surface area contributed by atoms with Crippen molar-refractivity contribution in [1.82, 2.24) is 9.88 Å². The molecule has 1 saturated carbocycles. The van der Waals surface area contributed by atoms with E-state index in [-0.39, 0.29) is 5.91 Å². The molecule has 0 atom stereocenters. The SMILES string of the molecule is Cc1ccc(CN(CC(=O)Nc2cccc3ncccc23)C2CC2)cc1. The van der Waals surface area contributed by atoms with Crippen molar-refractivity contribution >= 4 is 22.5 Å². The van der Waals surface area contributed by atoms with Gasteiger partial charge in [-0.3, -0.25) is 14.7 Å². The van der Waals surface area contributed by atoms with Crippen molar-refractivity contribution < 1.29 is 4.79 Å². The topological polar surface area (TPSA) is 45.2 Å². The fraction of sp³-hybridized carbons (Fsp3) is 0.273. The van der Waals surface area contributed by atoms with Crippen LogP contribution in [0, 0.1) is 6.92 Å². The van der Waals surface area contributed by atoms with Crippen LogP contribution in [0.4, 0.5) is 5.69 Å². The minimum Gasteiger partial charge on any atom is -0.324 e. The number of rotatable bonds is 6. The number of nitrogens with one attached hydrogen (secondary N) is 1. The number of benzene rings is 2. The van der Waals surface area contributed by atoms with E-state index in [2.05, 4.69) is 46.4 Å². The summed E-state index contributed by atoms with van der Waals surface area (Å²) < 4.78 is 0. The number of aryl methyl sites for hydroxylation is 1. The highest BCUT2D eigenvalue weighted by atomic mass is 16.2. The van der Waals surface area contributed by atoms with Gasteiger partial charge in [-0.2, -0.15) is 0 Å². The fourth-order valence-electron chi connectivity index (χ4n) is 3.27. The second-order valence-corrected chi connectivity index (χ2v) is 7.05. The zero-order valence-electron chi connectivity index (χ0n) is 15.0. The van der Waals surface area contributed by atoms with Crippen LogP contribution in [0.5, 0.6) is 0 Å². The first-order chi connectivity index (χ1) is 12.7. The summed E-state index contributed by atoms with van der Waals surface area (Å²) in [5, 5.41) is 4.04. The van der Waals surface area contributed by atoms with Crippen molar-refractivity contribution in [2.75, 3.05) is 11.9 Å². The monoisotopic (exact) mass is 345 g/mol. The van der Waals surface area contributed by atoms with Crippen LogP contribution >= 0.6 is 0 Å². The molecule has 0 unspecified atom stereocenters. The molecular weight excluding hydrogens is 322 g/mol. The second kappa shape index (κ2) is 7.26. The maximum atomic E-state index is 12.7. The van der Waals surface area contributed by atoms with Gasteiger partial charge in [0.1, 0.15) is 0 Å². The van der Waals surface area contributed by atoms with Gasteiger partial charge in [0, 0.05) is 24.2 Å². The highest BCUT2D eigenvalue weighted by molar-refractivity contribution is 6.01. The van der Waals surface area contributed by atoms with Crippen LogP contribution in [0.3, 0.4) is 0 Å². The van der Waals surface area contributed by atoms with Gasteiger partial charge in [-0.1, -0.05) is 35.9 Å². The summed E-state index contributed by atoms with van der Waals surface area (Å²) in [4.78, 5) is 19.3. The molecule has 0 aliphatic heterocycles. The van der Waals surface area contributed by atoms with Crippen LogP contribution in [0.15, 0.2) is 60.8 Å². The summed E-state index contributed by atoms with van der Waals surface area (Å²) in [5.74, 6) is 0.0281. The molecule has 132 valence electrons. The number of hydrogen-bond acceptors (Lipinski definition) is 3. The lowest BCUT2D eigenvalue weighted by atomic mass is 10.1. The first-order valence-electron chi connectivity index (χ1n) is 9.12. The van der Waals surface area contributed by atoms with Gasteiger partial charge in [0.05, 0.1) is 17.7 Å². The Balaban J connectivity index is 1.46. The molecule has 3 aromatic rings. The Labute approximate surface area is 153 Å². The van der Waals surface area contributed by atoms with Gasteiger partial charge >= 0.3 is 0 Å². The summed E-state index contributed by atoms with van der Waals surface area (Å²) in [5.41, 5.74) is 4.23. The number of amides is 1. The van der Waals surface area contributed by atoms with E-state index in [1.807, 2.05) is 30.3 Å². The highest BCUT2D eigenvalue weighted by Crippen LogP contribution is 2.28. The van der Waals surface area contributed by atoms with Crippen molar-refractivity contribution in [3.63, 3.8) is 0 Å². The van der Waals surface area contributed by atoms with Crippen LogP contribution in [-0.4, -0.2) is 28.4 Å². The molecule has 1 fully saturated rings. The summed E-state index contributed by atoms with van der Waals surface area (Å²) in [6.45, 7) is 3.32. The zero-order valence-corrected chi connectivity index (χ0v) is 15.0. The number of carbonyl (C=O) groups is 1.